The second-order valence-corrected chi connectivity index (χ2v) is 12.0. The summed E-state index contributed by atoms with van der Waals surface area (Å²) in [5.41, 5.74) is 4.34. The molecule has 5 rings (SSSR count). The average molecular weight is 539 g/mol. The third-order valence-corrected chi connectivity index (χ3v) is 9.52. The van der Waals surface area contributed by atoms with Gasteiger partial charge in [-0.25, -0.2) is 14.2 Å². The molecule has 0 spiro atoms. The number of carbonyl (C=O) groups excluding carboxylic acids is 1. The van der Waals surface area contributed by atoms with Gasteiger partial charge < -0.3 is 5.32 Å². The van der Waals surface area contributed by atoms with E-state index in [4.69, 9.17) is 0 Å². The van der Waals surface area contributed by atoms with E-state index in [1.807, 2.05) is 39.5 Å². The van der Waals surface area contributed by atoms with Gasteiger partial charge in [-0.05, 0) is 106 Å². The van der Waals surface area contributed by atoms with Crippen LogP contribution in [-0.2, 0) is 0 Å². The van der Waals surface area contributed by atoms with Crippen LogP contribution in [0.3, 0.4) is 0 Å². The Morgan fingerprint density at radius 3 is 2.16 bits per heavy atom. The first-order chi connectivity index (χ1) is 18.2. The number of amides is 1. The summed E-state index contributed by atoms with van der Waals surface area (Å²) in [6.45, 7) is 8.00. The predicted molar refractivity (Wildman–Crippen MR) is 150 cm³/mol. The maximum atomic E-state index is 14.1. The summed E-state index contributed by atoms with van der Waals surface area (Å²) in [5.74, 6) is 1.21. The number of benzene rings is 1. The number of nitrogens with one attached hydrogen (secondary N) is 1. The van der Waals surface area contributed by atoms with E-state index in [0.717, 1.165) is 58.4 Å². The molecule has 1 aromatic carbocycles. The highest BCUT2D eigenvalue weighted by molar-refractivity contribution is 7.99. The standard InChI is InChI=1S/C29H35FN4O3S/c1-16-13-17(2)19(4)25(18(16)3)27(35)32-21-5-7-22(8-6-21)34-28(36)24-14-20(30)15-31-26(24)33(29(34)37)23-9-11-38-12-10-23/h13-15,21-23H,5-12H2,1-4H3,(H,32,35)/t21-,22+. The average Bonchev–Trinajstić information content (AvgIpc) is 2.90. The normalized spacial score (nSPS) is 20.6. The van der Waals surface area contributed by atoms with Crippen LogP contribution in [-0.4, -0.2) is 37.6 Å². The Balaban J connectivity index is 1.41. The third-order valence-electron chi connectivity index (χ3n) is 8.47. The number of pyridine rings is 1. The highest BCUT2D eigenvalue weighted by atomic mass is 32.2. The quantitative estimate of drug-likeness (QED) is 0.510. The summed E-state index contributed by atoms with van der Waals surface area (Å²) < 4.78 is 17.1. The molecule has 7 nitrogen and oxygen atoms in total. The van der Waals surface area contributed by atoms with Crippen LogP contribution < -0.4 is 16.6 Å². The monoisotopic (exact) mass is 538 g/mol. The molecule has 0 bridgehead atoms. The number of fused-ring (bicyclic) bond motifs is 1. The first-order valence-corrected chi connectivity index (χ1v) is 14.6. The third kappa shape index (κ3) is 4.81. The number of hydrogen-bond acceptors (Lipinski definition) is 5. The number of aryl methyl sites for hydroxylation is 2. The Hall–Kier alpha value is -2.94. The molecule has 202 valence electrons. The van der Waals surface area contributed by atoms with Crippen molar-refractivity contribution in [3.63, 3.8) is 0 Å². The maximum Gasteiger partial charge on any atom is 0.333 e. The van der Waals surface area contributed by atoms with Gasteiger partial charge in [-0.2, -0.15) is 11.8 Å². The summed E-state index contributed by atoms with van der Waals surface area (Å²) in [6, 6.07) is 2.91. The minimum atomic E-state index is -0.589. The van der Waals surface area contributed by atoms with E-state index in [0.29, 0.717) is 25.7 Å². The second kappa shape index (κ2) is 10.7. The van der Waals surface area contributed by atoms with E-state index in [-0.39, 0.29) is 40.8 Å². The molecule has 38 heavy (non-hydrogen) atoms. The number of nitrogens with zero attached hydrogens (tertiary/aromatic N) is 3. The second-order valence-electron chi connectivity index (χ2n) is 10.8. The van der Waals surface area contributed by atoms with E-state index in [1.165, 1.54) is 10.6 Å². The van der Waals surface area contributed by atoms with Gasteiger partial charge in [0.15, 0.2) is 0 Å². The number of rotatable bonds is 4. The fourth-order valence-corrected chi connectivity index (χ4v) is 7.17. The summed E-state index contributed by atoms with van der Waals surface area (Å²) in [5, 5.41) is 3.35. The minimum Gasteiger partial charge on any atom is -0.349 e. The van der Waals surface area contributed by atoms with Crippen molar-refractivity contribution in [3.8, 4) is 0 Å². The molecule has 0 unspecified atom stereocenters. The van der Waals surface area contributed by atoms with Crippen LogP contribution in [0.1, 0.15) is 83.2 Å². The summed E-state index contributed by atoms with van der Waals surface area (Å²) >= 11 is 1.85. The molecule has 1 saturated carbocycles. The first kappa shape index (κ1) is 26.7. The molecule has 1 aliphatic heterocycles. The van der Waals surface area contributed by atoms with Crippen LogP contribution in [0.2, 0.25) is 0 Å². The van der Waals surface area contributed by atoms with E-state index >= 15 is 0 Å². The molecule has 9 heteroatoms. The Kier molecular flexibility index (Phi) is 7.49. The lowest BCUT2D eigenvalue weighted by Crippen LogP contribution is -2.46. The number of thioether (sulfide) groups is 1. The van der Waals surface area contributed by atoms with Crippen molar-refractivity contribution in [1.29, 1.82) is 0 Å². The molecular weight excluding hydrogens is 503 g/mol. The Morgan fingerprint density at radius 2 is 1.53 bits per heavy atom. The number of halogens is 1. The van der Waals surface area contributed by atoms with Gasteiger partial charge in [-0.15, -0.1) is 0 Å². The molecule has 3 aromatic rings. The van der Waals surface area contributed by atoms with Crippen LogP contribution in [0.15, 0.2) is 27.9 Å². The molecule has 2 aliphatic rings. The zero-order chi connectivity index (χ0) is 27.1. The zero-order valence-corrected chi connectivity index (χ0v) is 23.3. The fourth-order valence-electron chi connectivity index (χ4n) is 6.09. The zero-order valence-electron chi connectivity index (χ0n) is 22.5. The predicted octanol–water partition coefficient (Wildman–Crippen LogP) is 4.91. The van der Waals surface area contributed by atoms with Crippen molar-refractivity contribution in [3.05, 3.63) is 72.8 Å². The van der Waals surface area contributed by atoms with Crippen LogP contribution >= 0.6 is 11.8 Å². The fraction of sp³-hybridized carbons (Fsp3) is 0.517. The molecule has 0 radical (unpaired) electrons. The summed E-state index contributed by atoms with van der Waals surface area (Å²) in [7, 11) is 0. The van der Waals surface area contributed by atoms with E-state index in [2.05, 4.69) is 16.4 Å². The molecule has 3 heterocycles. The molecular formula is C29H35FN4O3S. The van der Waals surface area contributed by atoms with Gasteiger partial charge in [0.25, 0.3) is 11.5 Å². The summed E-state index contributed by atoms with van der Waals surface area (Å²) in [6.07, 6.45) is 5.18. The lowest BCUT2D eigenvalue weighted by atomic mass is 9.89. The summed E-state index contributed by atoms with van der Waals surface area (Å²) in [4.78, 5) is 44.7. The Labute approximate surface area is 225 Å². The van der Waals surface area contributed by atoms with Crippen molar-refractivity contribution >= 4 is 28.7 Å². The lowest BCUT2D eigenvalue weighted by Gasteiger charge is -2.32. The minimum absolute atomic E-state index is 0.0359. The smallest absolute Gasteiger partial charge is 0.333 e. The van der Waals surface area contributed by atoms with Crippen molar-refractivity contribution in [2.24, 2.45) is 0 Å². The van der Waals surface area contributed by atoms with E-state index in [1.54, 1.807) is 4.57 Å². The molecule has 1 aliphatic carbocycles. The molecule has 2 fully saturated rings. The molecule has 1 N–H and O–H groups in total. The molecule has 2 aromatic heterocycles. The molecule has 1 saturated heterocycles. The van der Waals surface area contributed by atoms with Crippen LogP contribution in [0.4, 0.5) is 4.39 Å². The number of hydrogen-bond donors (Lipinski definition) is 1. The van der Waals surface area contributed by atoms with Crippen molar-refractivity contribution in [2.45, 2.75) is 84.3 Å². The number of aromatic nitrogens is 3. The van der Waals surface area contributed by atoms with Crippen LogP contribution in [0, 0.1) is 33.5 Å². The highest BCUT2D eigenvalue weighted by Crippen LogP contribution is 2.31. The number of carbonyl (C=O) groups is 1. The SMILES string of the molecule is Cc1cc(C)c(C)c(C(=O)N[C@H]2CC[C@@H](n3c(=O)c4cc(F)cnc4n(C4CCSCC4)c3=O)CC2)c1C. The van der Waals surface area contributed by atoms with E-state index < -0.39 is 11.4 Å². The molecule has 0 atom stereocenters. The van der Waals surface area contributed by atoms with Gasteiger partial charge in [-0.3, -0.25) is 18.7 Å². The topological polar surface area (TPSA) is 86.0 Å². The maximum absolute atomic E-state index is 14.1. The Morgan fingerprint density at radius 1 is 0.921 bits per heavy atom. The van der Waals surface area contributed by atoms with Crippen molar-refractivity contribution in [2.75, 3.05) is 11.5 Å². The largest absolute Gasteiger partial charge is 0.349 e. The van der Waals surface area contributed by atoms with Gasteiger partial charge in [0.05, 0.1) is 11.6 Å². The van der Waals surface area contributed by atoms with Crippen molar-refractivity contribution in [1.82, 2.24) is 19.4 Å². The first-order valence-electron chi connectivity index (χ1n) is 13.5. The van der Waals surface area contributed by atoms with Crippen LogP contribution in [0.5, 0.6) is 0 Å². The van der Waals surface area contributed by atoms with Gasteiger partial charge in [0.1, 0.15) is 11.5 Å². The Bertz CT molecular complexity index is 1490. The highest BCUT2D eigenvalue weighted by Gasteiger charge is 2.30. The van der Waals surface area contributed by atoms with Gasteiger partial charge in [0.2, 0.25) is 0 Å². The lowest BCUT2D eigenvalue weighted by molar-refractivity contribution is 0.0920. The van der Waals surface area contributed by atoms with Gasteiger partial charge in [0, 0.05) is 23.7 Å². The van der Waals surface area contributed by atoms with Crippen LogP contribution in [0.25, 0.3) is 11.0 Å². The molecule has 1 amide bonds. The van der Waals surface area contributed by atoms with Gasteiger partial charge >= 0.3 is 5.69 Å². The van der Waals surface area contributed by atoms with Gasteiger partial charge in [-0.1, -0.05) is 6.07 Å². The van der Waals surface area contributed by atoms with E-state index in [9.17, 15) is 18.8 Å². The van der Waals surface area contributed by atoms with Crippen molar-refractivity contribution < 1.29 is 9.18 Å².